The van der Waals surface area contributed by atoms with Crippen molar-refractivity contribution in [3.63, 3.8) is 0 Å². The SMILES string of the molecule is CCC(CCCN1C(=O)N(C)Cc2ccccc21)NC. The largest absolute Gasteiger partial charge is 0.324 e. The first kappa shape index (κ1) is 14.9. The number of amides is 2. The summed E-state index contributed by atoms with van der Waals surface area (Å²) < 4.78 is 0. The van der Waals surface area contributed by atoms with Crippen molar-refractivity contribution in [2.24, 2.45) is 0 Å². The highest BCUT2D eigenvalue weighted by atomic mass is 16.2. The van der Waals surface area contributed by atoms with Gasteiger partial charge in [-0.05, 0) is 37.9 Å². The van der Waals surface area contributed by atoms with Crippen LogP contribution in [-0.2, 0) is 6.54 Å². The number of benzene rings is 1. The van der Waals surface area contributed by atoms with Crippen LogP contribution >= 0.6 is 0 Å². The van der Waals surface area contributed by atoms with Crippen LogP contribution in [0.15, 0.2) is 24.3 Å². The van der Waals surface area contributed by atoms with Crippen molar-refractivity contribution in [2.75, 3.05) is 25.5 Å². The van der Waals surface area contributed by atoms with Gasteiger partial charge in [-0.25, -0.2) is 4.79 Å². The first-order valence-electron chi connectivity index (χ1n) is 7.45. The highest BCUT2D eigenvalue weighted by Gasteiger charge is 2.27. The molecule has 2 amide bonds. The number of hydrogen-bond donors (Lipinski definition) is 1. The molecule has 0 fully saturated rings. The summed E-state index contributed by atoms with van der Waals surface area (Å²) in [7, 11) is 3.87. The van der Waals surface area contributed by atoms with E-state index >= 15 is 0 Å². The number of hydrogen-bond acceptors (Lipinski definition) is 2. The third kappa shape index (κ3) is 3.12. The molecule has 110 valence electrons. The molecule has 0 saturated heterocycles. The Labute approximate surface area is 121 Å². The average Bonchev–Trinajstić information content (AvgIpc) is 2.47. The highest BCUT2D eigenvalue weighted by molar-refractivity contribution is 5.94. The lowest BCUT2D eigenvalue weighted by atomic mass is 10.1. The van der Waals surface area contributed by atoms with Crippen LogP contribution in [0.2, 0.25) is 0 Å². The summed E-state index contributed by atoms with van der Waals surface area (Å²) in [5, 5.41) is 3.31. The number of carbonyl (C=O) groups excluding carboxylic acids is 1. The topological polar surface area (TPSA) is 35.6 Å². The van der Waals surface area contributed by atoms with E-state index < -0.39 is 0 Å². The van der Waals surface area contributed by atoms with Gasteiger partial charge in [0.05, 0.1) is 5.69 Å². The number of carbonyl (C=O) groups is 1. The lowest BCUT2D eigenvalue weighted by Gasteiger charge is -2.35. The Morgan fingerprint density at radius 1 is 1.35 bits per heavy atom. The van der Waals surface area contributed by atoms with Crippen LogP contribution in [0.5, 0.6) is 0 Å². The molecule has 20 heavy (non-hydrogen) atoms. The summed E-state index contributed by atoms with van der Waals surface area (Å²) >= 11 is 0. The summed E-state index contributed by atoms with van der Waals surface area (Å²) in [4.78, 5) is 16.0. The van der Waals surface area contributed by atoms with Crippen molar-refractivity contribution in [1.29, 1.82) is 0 Å². The number of nitrogens with one attached hydrogen (secondary N) is 1. The number of para-hydroxylation sites is 1. The molecule has 1 aromatic carbocycles. The van der Waals surface area contributed by atoms with Crippen molar-refractivity contribution in [3.05, 3.63) is 29.8 Å². The van der Waals surface area contributed by atoms with Crippen LogP contribution in [0, 0.1) is 0 Å². The van der Waals surface area contributed by atoms with E-state index in [0.29, 0.717) is 12.6 Å². The van der Waals surface area contributed by atoms with Crippen molar-refractivity contribution in [3.8, 4) is 0 Å². The van der Waals surface area contributed by atoms with Gasteiger partial charge in [-0.1, -0.05) is 25.1 Å². The zero-order valence-corrected chi connectivity index (χ0v) is 12.7. The van der Waals surface area contributed by atoms with Gasteiger partial charge in [-0.2, -0.15) is 0 Å². The van der Waals surface area contributed by atoms with Crippen LogP contribution in [-0.4, -0.2) is 37.6 Å². The number of anilines is 1. The van der Waals surface area contributed by atoms with E-state index in [9.17, 15) is 4.79 Å². The van der Waals surface area contributed by atoms with Gasteiger partial charge in [0.2, 0.25) is 0 Å². The first-order chi connectivity index (χ1) is 9.67. The molecule has 1 aliphatic rings. The minimum absolute atomic E-state index is 0.112. The van der Waals surface area contributed by atoms with E-state index in [1.807, 2.05) is 31.1 Å². The van der Waals surface area contributed by atoms with Gasteiger partial charge in [0.1, 0.15) is 0 Å². The van der Waals surface area contributed by atoms with Gasteiger partial charge >= 0.3 is 6.03 Å². The van der Waals surface area contributed by atoms with Gasteiger partial charge in [0, 0.05) is 26.2 Å². The summed E-state index contributed by atoms with van der Waals surface area (Å²) in [6.07, 6.45) is 3.25. The second-order valence-electron chi connectivity index (χ2n) is 5.46. The Balaban J connectivity index is 2.04. The predicted octanol–water partition coefficient (Wildman–Crippen LogP) is 2.84. The molecule has 4 heteroatoms. The van der Waals surface area contributed by atoms with Crippen LogP contribution in [0.25, 0.3) is 0 Å². The first-order valence-corrected chi connectivity index (χ1v) is 7.45. The minimum atomic E-state index is 0.112. The van der Waals surface area contributed by atoms with Gasteiger partial charge < -0.3 is 10.2 Å². The fourth-order valence-corrected chi connectivity index (χ4v) is 2.80. The maximum atomic E-state index is 12.3. The molecule has 0 bridgehead atoms. The van der Waals surface area contributed by atoms with Gasteiger partial charge in [0.25, 0.3) is 0 Å². The van der Waals surface area contributed by atoms with Crippen molar-refractivity contribution >= 4 is 11.7 Å². The van der Waals surface area contributed by atoms with E-state index in [1.165, 1.54) is 5.56 Å². The molecule has 0 aliphatic carbocycles. The van der Waals surface area contributed by atoms with E-state index in [2.05, 4.69) is 24.4 Å². The average molecular weight is 275 g/mol. The molecule has 1 heterocycles. The summed E-state index contributed by atoms with van der Waals surface area (Å²) in [6.45, 7) is 3.69. The van der Waals surface area contributed by atoms with Crippen molar-refractivity contribution in [1.82, 2.24) is 10.2 Å². The molecule has 0 aromatic heterocycles. The zero-order valence-electron chi connectivity index (χ0n) is 12.7. The number of rotatable bonds is 6. The molecular formula is C16H25N3O. The Morgan fingerprint density at radius 2 is 2.10 bits per heavy atom. The third-order valence-electron chi connectivity index (χ3n) is 4.08. The van der Waals surface area contributed by atoms with Gasteiger partial charge in [-0.3, -0.25) is 4.90 Å². The molecule has 1 aliphatic heterocycles. The molecule has 1 aromatic rings. The lowest BCUT2D eigenvalue weighted by Crippen LogP contribution is -2.45. The Hall–Kier alpha value is -1.55. The zero-order chi connectivity index (χ0) is 14.5. The fraction of sp³-hybridized carbons (Fsp3) is 0.562. The molecule has 4 nitrogen and oxygen atoms in total. The maximum Gasteiger partial charge on any atom is 0.324 e. The molecule has 0 saturated carbocycles. The van der Waals surface area contributed by atoms with Crippen LogP contribution in [0.3, 0.4) is 0 Å². The molecule has 0 spiro atoms. The summed E-state index contributed by atoms with van der Waals surface area (Å²) in [5.41, 5.74) is 2.31. The second-order valence-corrected chi connectivity index (χ2v) is 5.46. The minimum Gasteiger partial charge on any atom is -0.323 e. The third-order valence-corrected chi connectivity index (χ3v) is 4.08. The smallest absolute Gasteiger partial charge is 0.323 e. The van der Waals surface area contributed by atoms with E-state index in [-0.39, 0.29) is 6.03 Å². The maximum absolute atomic E-state index is 12.3. The van der Waals surface area contributed by atoms with E-state index in [0.717, 1.165) is 31.5 Å². The number of nitrogens with zero attached hydrogens (tertiary/aromatic N) is 2. The van der Waals surface area contributed by atoms with Crippen LogP contribution < -0.4 is 10.2 Å². The van der Waals surface area contributed by atoms with Crippen LogP contribution in [0.1, 0.15) is 31.7 Å². The predicted molar refractivity (Wildman–Crippen MR) is 83.0 cm³/mol. The Morgan fingerprint density at radius 3 is 2.80 bits per heavy atom. The monoisotopic (exact) mass is 275 g/mol. The standard InChI is InChI=1S/C16H25N3O/c1-4-14(17-2)9-7-11-19-15-10-6-5-8-13(15)12-18(3)16(19)20/h5-6,8,10,14,17H,4,7,9,11-12H2,1-3H3. The molecule has 1 atom stereocenters. The summed E-state index contributed by atoms with van der Waals surface area (Å²) in [6, 6.07) is 8.86. The normalized spacial score (nSPS) is 16.2. The van der Waals surface area contributed by atoms with E-state index in [4.69, 9.17) is 0 Å². The van der Waals surface area contributed by atoms with Crippen molar-refractivity contribution < 1.29 is 4.79 Å². The fourth-order valence-electron chi connectivity index (χ4n) is 2.80. The summed E-state index contributed by atoms with van der Waals surface area (Å²) in [5.74, 6) is 0. The van der Waals surface area contributed by atoms with Crippen molar-refractivity contribution in [2.45, 2.75) is 38.8 Å². The Kier molecular flexibility index (Phi) is 5.01. The molecule has 1 N–H and O–H groups in total. The second kappa shape index (κ2) is 6.75. The Bertz CT molecular complexity index is 457. The lowest BCUT2D eigenvalue weighted by molar-refractivity contribution is 0.210. The van der Waals surface area contributed by atoms with Gasteiger partial charge in [-0.15, -0.1) is 0 Å². The van der Waals surface area contributed by atoms with Gasteiger partial charge in [0.15, 0.2) is 0 Å². The molecule has 1 unspecified atom stereocenters. The number of fused-ring (bicyclic) bond motifs is 1. The molecule has 0 radical (unpaired) electrons. The van der Waals surface area contributed by atoms with Crippen LogP contribution in [0.4, 0.5) is 10.5 Å². The molecular weight excluding hydrogens is 250 g/mol. The highest BCUT2D eigenvalue weighted by Crippen LogP contribution is 2.27. The number of urea groups is 1. The molecule has 2 rings (SSSR count). The van der Waals surface area contributed by atoms with E-state index in [1.54, 1.807) is 4.90 Å². The quantitative estimate of drug-likeness (QED) is 0.866.